The number of aromatic nitrogens is 6. The van der Waals surface area contributed by atoms with Crippen LogP contribution in [0.3, 0.4) is 0 Å². The molecule has 0 aliphatic rings. The minimum absolute atomic E-state index is 0.0301. The largest absolute Gasteiger partial charge is 0.434 e. The smallest absolute Gasteiger partial charge is 0.355 e. The molecule has 8 nitrogen and oxygen atoms in total. The van der Waals surface area contributed by atoms with Crippen LogP contribution in [0.1, 0.15) is 5.56 Å². The maximum Gasteiger partial charge on any atom is 0.355 e. The summed E-state index contributed by atoms with van der Waals surface area (Å²) < 4.78 is 23.3. The highest BCUT2D eigenvalue weighted by Gasteiger charge is 2.22. The lowest BCUT2D eigenvalue weighted by atomic mass is 10.1. The molecule has 0 fully saturated rings. The van der Waals surface area contributed by atoms with Crippen molar-refractivity contribution in [2.75, 3.05) is 0 Å². The summed E-state index contributed by atoms with van der Waals surface area (Å²) in [5.74, 6) is 0.238. The van der Waals surface area contributed by atoms with Crippen molar-refractivity contribution >= 4 is 27.5 Å². The molecule has 2 aromatic carbocycles. The van der Waals surface area contributed by atoms with Crippen LogP contribution in [0.5, 0.6) is 0 Å². The first kappa shape index (κ1) is 21.2. The van der Waals surface area contributed by atoms with Crippen molar-refractivity contribution in [2.45, 2.75) is 6.92 Å². The van der Waals surface area contributed by atoms with Crippen molar-refractivity contribution in [3.63, 3.8) is 0 Å². The Balaban J connectivity index is 1.73. The highest BCUT2D eigenvalue weighted by molar-refractivity contribution is 9.10. The van der Waals surface area contributed by atoms with Gasteiger partial charge in [0.15, 0.2) is 17.4 Å². The van der Waals surface area contributed by atoms with Crippen LogP contribution in [-0.4, -0.2) is 29.3 Å². The molecular weight excluding hydrogens is 515 g/mol. The fraction of sp³-hybridized carbons (Fsp3) is 0.0455. The lowest BCUT2D eigenvalue weighted by molar-refractivity contribution is 0.585. The summed E-state index contributed by atoms with van der Waals surface area (Å²) in [5.41, 5.74) is 1.44. The zero-order valence-electron chi connectivity index (χ0n) is 16.9. The Labute approximate surface area is 199 Å². The van der Waals surface area contributed by atoms with E-state index in [0.717, 1.165) is 5.56 Å². The van der Waals surface area contributed by atoms with Gasteiger partial charge in [-0.1, -0.05) is 29.3 Å². The third-order valence-corrected chi connectivity index (χ3v) is 5.65. The monoisotopic (exact) mass is 526 g/mol. The number of benzene rings is 2. The van der Waals surface area contributed by atoms with Gasteiger partial charge in [-0.05, 0) is 53.2 Å². The molecule has 0 atom stereocenters. The highest BCUT2D eigenvalue weighted by atomic mass is 79.9. The van der Waals surface area contributed by atoms with E-state index in [1.807, 2.05) is 31.2 Å². The molecule has 0 aliphatic carbocycles. The lowest BCUT2D eigenvalue weighted by Crippen LogP contribution is -2.24. The van der Waals surface area contributed by atoms with Crippen LogP contribution in [0.25, 0.3) is 34.4 Å². The lowest BCUT2D eigenvalue weighted by Gasteiger charge is -2.08. The Hall–Kier alpha value is -3.63. The van der Waals surface area contributed by atoms with E-state index in [9.17, 15) is 9.18 Å². The molecular formula is C22H13BrClFN6O2. The second-order valence-corrected chi connectivity index (χ2v) is 8.34. The van der Waals surface area contributed by atoms with E-state index < -0.39 is 11.5 Å². The van der Waals surface area contributed by atoms with Gasteiger partial charge in [-0.3, -0.25) is 0 Å². The topological polar surface area (TPSA) is 91.6 Å². The molecule has 0 bridgehead atoms. The summed E-state index contributed by atoms with van der Waals surface area (Å²) in [6, 6.07) is 11.8. The van der Waals surface area contributed by atoms with Gasteiger partial charge in [0.25, 0.3) is 0 Å². The van der Waals surface area contributed by atoms with Crippen LogP contribution < -0.4 is 5.69 Å². The molecule has 33 heavy (non-hydrogen) atoms. The number of hydrogen-bond donors (Lipinski definition) is 0. The predicted octanol–water partition coefficient (Wildman–Crippen LogP) is 5.00. The van der Waals surface area contributed by atoms with Gasteiger partial charge in [0.05, 0.1) is 9.50 Å². The zero-order chi connectivity index (χ0) is 23.1. The fourth-order valence-corrected chi connectivity index (χ4v) is 3.85. The maximum atomic E-state index is 14.2. The first-order valence-electron chi connectivity index (χ1n) is 9.58. The van der Waals surface area contributed by atoms with E-state index in [-0.39, 0.29) is 28.3 Å². The summed E-state index contributed by atoms with van der Waals surface area (Å²) in [7, 11) is 0. The minimum Gasteiger partial charge on any atom is -0.434 e. The highest BCUT2D eigenvalue weighted by Crippen LogP contribution is 2.34. The summed E-state index contributed by atoms with van der Waals surface area (Å²) in [6.07, 6.45) is 4.25. The first-order valence-corrected chi connectivity index (χ1v) is 10.8. The van der Waals surface area contributed by atoms with Crippen molar-refractivity contribution in [2.24, 2.45) is 0 Å². The molecule has 11 heteroatoms. The second kappa shape index (κ2) is 8.38. The van der Waals surface area contributed by atoms with E-state index in [2.05, 4.69) is 36.0 Å². The molecule has 0 N–H and O–H groups in total. The van der Waals surface area contributed by atoms with E-state index in [1.165, 1.54) is 40.2 Å². The van der Waals surface area contributed by atoms with Gasteiger partial charge in [0, 0.05) is 17.3 Å². The van der Waals surface area contributed by atoms with Gasteiger partial charge in [-0.2, -0.15) is 15.1 Å². The van der Waals surface area contributed by atoms with E-state index in [0.29, 0.717) is 15.6 Å². The fourth-order valence-electron chi connectivity index (χ4n) is 3.26. The van der Waals surface area contributed by atoms with Gasteiger partial charge in [0.2, 0.25) is 5.89 Å². The number of halogens is 3. The standard InChI is InChI=1S/C22H13BrClFN6O2/c1-12-3-2-4-14(7-12)21-28-20(18(33-21)13-5-6-16(24)17(25)8-13)30-9-15(23)19(29-22(30)32)31-11-26-10-27-31/h2-11H,1H3. The van der Waals surface area contributed by atoms with E-state index >= 15 is 0 Å². The predicted molar refractivity (Wildman–Crippen MR) is 123 cm³/mol. The number of nitrogens with zero attached hydrogens (tertiary/aromatic N) is 6. The molecule has 0 radical (unpaired) electrons. The second-order valence-electron chi connectivity index (χ2n) is 7.08. The Bertz CT molecular complexity index is 1550. The Morgan fingerprint density at radius 3 is 2.67 bits per heavy atom. The van der Waals surface area contributed by atoms with Gasteiger partial charge < -0.3 is 4.42 Å². The number of oxazole rings is 1. The van der Waals surface area contributed by atoms with Crippen molar-refractivity contribution in [3.05, 3.63) is 92.7 Å². The molecule has 0 aliphatic heterocycles. The summed E-state index contributed by atoms with van der Waals surface area (Å²) in [5, 5.41) is 3.97. The first-order chi connectivity index (χ1) is 15.9. The van der Waals surface area contributed by atoms with Crippen LogP contribution in [0, 0.1) is 12.7 Å². The van der Waals surface area contributed by atoms with Gasteiger partial charge >= 0.3 is 5.69 Å². The zero-order valence-corrected chi connectivity index (χ0v) is 19.2. The Morgan fingerprint density at radius 1 is 1.09 bits per heavy atom. The molecule has 3 aromatic heterocycles. The van der Waals surface area contributed by atoms with Crippen molar-refractivity contribution in [3.8, 4) is 34.4 Å². The van der Waals surface area contributed by atoms with E-state index in [4.69, 9.17) is 16.0 Å². The number of aryl methyl sites for hydroxylation is 1. The Kier molecular flexibility index (Phi) is 5.39. The quantitative estimate of drug-likeness (QED) is 0.327. The molecule has 164 valence electrons. The molecule has 5 aromatic rings. The minimum atomic E-state index is -0.636. The Morgan fingerprint density at radius 2 is 1.94 bits per heavy atom. The van der Waals surface area contributed by atoms with Gasteiger partial charge in [0.1, 0.15) is 18.5 Å². The SMILES string of the molecule is Cc1cccc(-c2nc(-n3cc(Br)c(-n4cncn4)nc3=O)c(-c3ccc(Cl)c(F)c3)o2)c1. The summed E-state index contributed by atoms with van der Waals surface area (Å²) >= 11 is 9.27. The third kappa shape index (κ3) is 3.98. The van der Waals surface area contributed by atoms with Crippen LogP contribution in [0.4, 0.5) is 4.39 Å². The average molecular weight is 528 g/mol. The van der Waals surface area contributed by atoms with Gasteiger partial charge in [-0.15, -0.1) is 0 Å². The van der Waals surface area contributed by atoms with Gasteiger partial charge in [-0.25, -0.2) is 23.4 Å². The summed E-state index contributed by atoms with van der Waals surface area (Å²) in [6.45, 7) is 1.94. The molecule has 0 saturated heterocycles. The number of hydrogen-bond acceptors (Lipinski definition) is 6. The maximum absolute atomic E-state index is 14.2. The molecule has 0 saturated carbocycles. The van der Waals surface area contributed by atoms with Crippen molar-refractivity contribution < 1.29 is 8.81 Å². The van der Waals surface area contributed by atoms with Crippen LogP contribution >= 0.6 is 27.5 Å². The average Bonchev–Trinajstić information content (AvgIpc) is 3.47. The molecule has 0 unspecified atom stereocenters. The molecule has 0 amide bonds. The molecule has 3 heterocycles. The number of rotatable bonds is 4. The van der Waals surface area contributed by atoms with Crippen LogP contribution in [0.2, 0.25) is 5.02 Å². The third-order valence-electron chi connectivity index (χ3n) is 4.78. The van der Waals surface area contributed by atoms with Crippen molar-refractivity contribution in [1.82, 2.24) is 29.3 Å². The normalized spacial score (nSPS) is 11.2. The van der Waals surface area contributed by atoms with Crippen LogP contribution in [0.15, 0.2) is 75.0 Å². The molecule has 5 rings (SSSR count). The molecule has 0 spiro atoms. The van der Waals surface area contributed by atoms with Crippen LogP contribution in [-0.2, 0) is 0 Å². The summed E-state index contributed by atoms with van der Waals surface area (Å²) in [4.78, 5) is 25.5. The van der Waals surface area contributed by atoms with Crippen molar-refractivity contribution in [1.29, 1.82) is 0 Å². The van der Waals surface area contributed by atoms with E-state index in [1.54, 1.807) is 6.07 Å².